The van der Waals surface area contributed by atoms with Gasteiger partial charge in [-0.1, -0.05) is 34.8 Å². The lowest BCUT2D eigenvalue weighted by Gasteiger charge is -2.11. The second kappa shape index (κ2) is 5.61. The topological polar surface area (TPSA) is 37.8 Å². The minimum absolute atomic E-state index is 0.239. The van der Waals surface area contributed by atoms with Crippen LogP contribution in [0.4, 0.5) is 11.4 Å². The van der Waals surface area contributed by atoms with Crippen LogP contribution in [-0.2, 0) is 0 Å². The Balaban J connectivity index is 2.40. The van der Waals surface area contributed by atoms with Crippen LogP contribution in [-0.4, -0.2) is 10.2 Å². The Bertz CT molecular complexity index is 604. The van der Waals surface area contributed by atoms with E-state index in [2.05, 4.69) is 31.4 Å². The molecule has 0 unspecified atom stereocenters. The molecule has 0 atom stereocenters. The van der Waals surface area contributed by atoms with Gasteiger partial charge >= 0.3 is 0 Å². The largest absolute Gasteiger partial charge is 0.352 e. The lowest BCUT2D eigenvalue weighted by molar-refractivity contribution is 1.03. The van der Waals surface area contributed by atoms with Gasteiger partial charge in [-0.25, -0.2) is 0 Å². The van der Waals surface area contributed by atoms with Gasteiger partial charge in [0.05, 0.1) is 11.4 Å². The number of hydrogen-bond acceptors (Lipinski definition) is 3. The van der Waals surface area contributed by atoms with Gasteiger partial charge < -0.3 is 5.32 Å². The normalized spacial score (nSPS) is 10.5. The van der Waals surface area contributed by atoms with E-state index in [1.807, 2.05) is 13.0 Å². The fraction of sp³-hybridized carbons (Fsp3) is 0.0909. The molecule has 0 fully saturated rings. The molecule has 3 nitrogen and oxygen atoms in total. The van der Waals surface area contributed by atoms with Crippen LogP contribution < -0.4 is 5.32 Å². The van der Waals surface area contributed by atoms with Crippen LogP contribution in [0.1, 0.15) is 5.56 Å². The first-order chi connectivity index (χ1) is 8.47. The summed E-state index contributed by atoms with van der Waals surface area (Å²) < 4.78 is 0.869. The van der Waals surface area contributed by atoms with Crippen LogP contribution in [0.2, 0.25) is 15.3 Å². The number of nitrogens with one attached hydrogen (secondary N) is 1. The molecule has 1 N–H and O–H groups in total. The monoisotopic (exact) mass is 365 g/mol. The molecule has 2 aromatic rings. The van der Waals surface area contributed by atoms with E-state index in [4.69, 9.17) is 34.8 Å². The van der Waals surface area contributed by atoms with Crippen molar-refractivity contribution >= 4 is 62.1 Å². The average Bonchev–Trinajstić information content (AvgIpc) is 2.30. The first-order valence-electron chi connectivity index (χ1n) is 4.89. The van der Waals surface area contributed by atoms with Crippen LogP contribution in [0.25, 0.3) is 0 Å². The number of halogens is 4. The van der Waals surface area contributed by atoms with Gasteiger partial charge in [-0.2, -0.15) is 0 Å². The molecule has 18 heavy (non-hydrogen) atoms. The summed E-state index contributed by atoms with van der Waals surface area (Å²) in [5, 5.41) is 11.6. The van der Waals surface area contributed by atoms with Crippen molar-refractivity contribution in [1.29, 1.82) is 0 Å². The molecule has 1 aromatic heterocycles. The van der Waals surface area contributed by atoms with E-state index in [0.29, 0.717) is 10.7 Å². The lowest BCUT2D eigenvalue weighted by atomic mass is 10.2. The molecule has 0 spiro atoms. The highest BCUT2D eigenvalue weighted by atomic mass is 79.9. The molecule has 0 aliphatic rings. The molecule has 0 bridgehead atoms. The smallest absolute Gasteiger partial charge is 0.175 e. The maximum absolute atomic E-state index is 6.08. The van der Waals surface area contributed by atoms with E-state index in [0.717, 1.165) is 15.7 Å². The van der Waals surface area contributed by atoms with Crippen LogP contribution in [0.3, 0.4) is 0 Å². The molecule has 0 radical (unpaired) electrons. The van der Waals surface area contributed by atoms with Crippen LogP contribution in [0, 0.1) is 6.92 Å². The lowest BCUT2D eigenvalue weighted by Crippen LogP contribution is -1.96. The number of rotatable bonds is 2. The van der Waals surface area contributed by atoms with Gasteiger partial charge in [0.25, 0.3) is 0 Å². The van der Waals surface area contributed by atoms with E-state index in [1.54, 1.807) is 12.1 Å². The number of nitrogens with zero attached hydrogens (tertiary/aromatic N) is 2. The van der Waals surface area contributed by atoms with Crippen molar-refractivity contribution in [1.82, 2.24) is 10.2 Å². The van der Waals surface area contributed by atoms with Gasteiger partial charge in [0.15, 0.2) is 10.3 Å². The molecule has 0 saturated heterocycles. The molecule has 0 saturated carbocycles. The van der Waals surface area contributed by atoms with Gasteiger partial charge in [-0.15, -0.1) is 10.2 Å². The van der Waals surface area contributed by atoms with Crippen molar-refractivity contribution in [2.75, 3.05) is 5.32 Å². The second-order valence-corrected chi connectivity index (χ2v) is 5.58. The summed E-state index contributed by atoms with van der Waals surface area (Å²) in [4.78, 5) is 0. The average molecular weight is 367 g/mol. The summed E-state index contributed by atoms with van der Waals surface area (Å²) in [7, 11) is 0. The summed E-state index contributed by atoms with van der Waals surface area (Å²) in [6.45, 7) is 1.93. The minimum Gasteiger partial charge on any atom is -0.352 e. The van der Waals surface area contributed by atoms with Gasteiger partial charge in [0, 0.05) is 15.6 Å². The Morgan fingerprint density at radius 3 is 2.50 bits per heavy atom. The molecule has 1 heterocycles. The van der Waals surface area contributed by atoms with Gasteiger partial charge in [-0.3, -0.25) is 0 Å². The Labute approximate surface area is 128 Å². The molecule has 0 aliphatic heterocycles. The number of benzene rings is 1. The first-order valence-corrected chi connectivity index (χ1v) is 6.81. The van der Waals surface area contributed by atoms with E-state index < -0.39 is 0 Å². The highest BCUT2D eigenvalue weighted by molar-refractivity contribution is 9.10. The third-order valence-corrected chi connectivity index (χ3v) is 3.76. The fourth-order valence-corrected chi connectivity index (χ4v) is 2.34. The molecule has 1 aromatic carbocycles. The number of anilines is 2. The molecule has 0 aliphatic carbocycles. The van der Waals surface area contributed by atoms with Crippen molar-refractivity contribution in [3.05, 3.63) is 43.6 Å². The number of aromatic nitrogens is 2. The summed E-state index contributed by atoms with van der Waals surface area (Å²) in [6, 6.07) is 5.30. The summed E-state index contributed by atoms with van der Waals surface area (Å²) >= 11 is 21.2. The quantitative estimate of drug-likeness (QED) is 0.788. The summed E-state index contributed by atoms with van der Waals surface area (Å²) in [6.07, 6.45) is 0. The Hall–Kier alpha value is -0.550. The van der Waals surface area contributed by atoms with Crippen molar-refractivity contribution in [3.63, 3.8) is 0 Å². The predicted octanol–water partition coefficient (Wildman–Crippen LogP) is 5.25. The van der Waals surface area contributed by atoms with Crippen LogP contribution in [0.5, 0.6) is 0 Å². The van der Waals surface area contributed by atoms with Crippen LogP contribution >= 0.6 is 50.7 Å². The third-order valence-electron chi connectivity index (χ3n) is 2.24. The van der Waals surface area contributed by atoms with Gasteiger partial charge in [-0.05, 0) is 40.5 Å². The number of hydrogen-bond donors (Lipinski definition) is 1. The van der Waals surface area contributed by atoms with Crippen molar-refractivity contribution in [2.45, 2.75) is 6.92 Å². The van der Waals surface area contributed by atoms with Crippen LogP contribution in [0.15, 0.2) is 22.7 Å². The van der Waals surface area contributed by atoms with E-state index >= 15 is 0 Å². The van der Waals surface area contributed by atoms with Crippen molar-refractivity contribution in [3.8, 4) is 0 Å². The van der Waals surface area contributed by atoms with E-state index in [1.165, 1.54) is 0 Å². The molecular formula is C11H7BrCl3N3. The van der Waals surface area contributed by atoms with E-state index in [-0.39, 0.29) is 10.3 Å². The van der Waals surface area contributed by atoms with Gasteiger partial charge in [0.1, 0.15) is 0 Å². The second-order valence-electron chi connectivity index (χ2n) is 3.58. The highest BCUT2D eigenvalue weighted by Gasteiger charge is 2.08. The minimum atomic E-state index is 0.239. The molecule has 2 rings (SSSR count). The SMILES string of the molecule is Cc1cc(Br)c(Nc2cc(Cl)nnc2Cl)cc1Cl. The maximum Gasteiger partial charge on any atom is 0.175 e. The molecule has 94 valence electrons. The number of aryl methyl sites for hydroxylation is 1. The Morgan fingerprint density at radius 2 is 1.78 bits per heavy atom. The zero-order valence-corrected chi connectivity index (χ0v) is 13.0. The Kier molecular flexibility index (Phi) is 4.33. The molecular weight excluding hydrogens is 360 g/mol. The Morgan fingerprint density at radius 1 is 1.06 bits per heavy atom. The highest BCUT2D eigenvalue weighted by Crippen LogP contribution is 2.33. The maximum atomic E-state index is 6.08. The third kappa shape index (κ3) is 3.06. The predicted molar refractivity (Wildman–Crippen MR) is 79.2 cm³/mol. The zero-order chi connectivity index (χ0) is 13.3. The van der Waals surface area contributed by atoms with E-state index in [9.17, 15) is 0 Å². The van der Waals surface area contributed by atoms with Gasteiger partial charge in [0.2, 0.25) is 0 Å². The van der Waals surface area contributed by atoms with Crippen molar-refractivity contribution in [2.24, 2.45) is 0 Å². The first kappa shape index (κ1) is 13.9. The summed E-state index contributed by atoms with van der Waals surface area (Å²) in [5.74, 6) is 0. The van der Waals surface area contributed by atoms with Crippen molar-refractivity contribution < 1.29 is 0 Å². The standard InChI is InChI=1S/C11H7BrCl3N3/c1-5-2-6(12)8(3-7(5)13)16-9-4-10(14)17-18-11(9)15/h2-4H,1H3,(H,16,17). The summed E-state index contributed by atoms with van der Waals surface area (Å²) in [5.41, 5.74) is 2.32. The molecule has 0 amide bonds. The fourth-order valence-electron chi connectivity index (χ4n) is 1.33. The molecule has 7 heteroatoms. The zero-order valence-electron chi connectivity index (χ0n) is 9.14.